The minimum absolute atomic E-state index is 0.183. The molecule has 0 aliphatic heterocycles. The molecule has 0 spiro atoms. The van der Waals surface area contributed by atoms with Gasteiger partial charge in [-0.25, -0.2) is 4.39 Å². The zero-order valence-corrected chi connectivity index (χ0v) is 12.2. The van der Waals surface area contributed by atoms with E-state index < -0.39 is 0 Å². The molecule has 94 valence electrons. The normalized spacial score (nSPS) is 12.4. The van der Waals surface area contributed by atoms with E-state index in [1.54, 1.807) is 0 Å². The molecule has 0 amide bonds. The molecule has 0 aromatic heterocycles. The first-order valence-electron chi connectivity index (χ1n) is 6.02. The number of rotatable bonds is 3. The molecule has 2 heteroatoms. The third-order valence-electron chi connectivity index (χ3n) is 3.18. The molecule has 1 atom stereocenters. The molecule has 0 bridgehead atoms. The first-order valence-corrected chi connectivity index (χ1v) is 6.94. The van der Waals surface area contributed by atoms with Crippen LogP contribution in [0.5, 0.6) is 0 Å². The van der Waals surface area contributed by atoms with Crippen molar-refractivity contribution in [2.45, 2.75) is 25.1 Å². The van der Waals surface area contributed by atoms with Crippen LogP contribution >= 0.6 is 15.9 Å². The monoisotopic (exact) mass is 306 g/mol. The van der Waals surface area contributed by atoms with E-state index in [1.165, 1.54) is 28.8 Å². The van der Waals surface area contributed by atoms with Crippen LogP contribution in [0.4, 0.5) is 4.39 Å². The Hall–Kier alpha value is -1.15. The number of alkyl halides is 1. The van der Waals surface area contributed by atoms with Crippen molar-refractivity contribution in [1.82, 2.24) is 0 Å². The Balaban J connectivity index is 2.22. The van der Waals surface area contributed by atoms with Crippen molar-refractivity contribution in [2.24, 2.45) is 0 Å². The van der Waals surface area contributed by atoms with E-state index >= 15 is 0 Å². The maximum absolute atomic E-state index is 12.9. The molecule has 2 aromatic rings. The number of halogens is 2. The summed E-state index contributed by atoms with van der Waals surface area (Å²) in [6.07, 6.45) is 0.867. The summed E-state index contributed by atoms with van der Waals surface area (Å²) in [4.78, 5) is 0.268. The van der Waals surface area contributed by atoms with Gasteiger partial charge in [-0.3, -0.25) is 0 Å². The summed E-state index contributed by atoms with van der Waals surface area (Å²) in [5.41, 5.74) is 5.06. The van der Waals surface area contributed by atoms with Crippen molar-refractivity contribution in [1.29, 1.82) is 0 Å². The van der Waals surface area contributed by atoms with E-state index in [2.05, 4.69) is 48.0 Å². The molecule has 18 heavy (non-hydrogen) atoms. The number of aryl methyl sites for hydroxylation is 2. The van der Waals surface area contributed by atoms with Gasteiger partial charge in [0.15, 0.2) is 0 Å². The predicted octanol–water partition coefficient (Wildman–Crippen LogP) is 5.12. The molecule has 0 aliphatic carbocycles. The lowest BCUT2D eigenvalue weighted by atomic mass is 9.96. The molecule has 0 fully saturated rings. The van der Waals surface area contributed by atoms with Crippen LogP contribution in [-0.2, 0) is 6.42 Å². The minimum atomic E-state index is -0.183. The first-order chi connectivity index (χ1) is 8.58. The summed E-state index contributed by atoms with van der Waals surface area (Å²) in [5, 5.41) is 0. The van der Waals surface area contributed by atoms with E-state index in [-0.39, 0.29) is 10.6 Å². The van der Waals surface area contributed by atoms with Crippen molar-refractivity contribution < 1.29 is 4.39 Å². The summed E-state index contributed by atoms with van der Waals surface area (Å²) < 4.78 is 12.9. The predicted molar refractivity (Wildman–Crippen MR) is 77.7 cm³/mol. The van der Waals surface area contributed by atoms with Crippen LogP contribution in [0.3, 0.4) is 0 Å². The van der Waals surface area contributed by atoms with Gasteiger partial charge >= 0.3 is 0 Å². The molecule has 0 aliphatic rings. The van der Waals surface area contributed by atoms with Gasteiger partial charge in [-0.1, -0.05) is 46.3 Å². The van der Waals surface area contributed by atoms with Crippen LogP contribution in [0.25, 0.3) is 0 Å². The van der Waals surface area contributed by atoms with Gasteiger partial charge in [-0.15, -0.1) is 0 Å². The molecule has 1 unspecified atom stereocenters. The Morgan fingerprint density at radius 1 is 1.00 bits per heavy atom. The van der Waals surface area contributed by atoms with E-state index in [0.29, 0.717) is 0 Å². The second-order valence-electron chi connectivity index (χ2n) is 4.60. The van der Waals surface area contributed by atoms with Crippen molar-refractivity contribution >= 4 is 15.9 Å². The largest absolute Gasteiger partial charge is 0.207 e. The Labute approximate surface area is 116 Å². The molecule has 0 saturated heterocycles. The number of hydrogen-bond acceptors (Lipinski definition) is 0. The van der Waals surface area contributed by atoms with Crippen LogP contribution in [0.15, 0.2) is 42.5 Å². The highest BCUT2D eigenvalue weighted by Crippen LogP contribution is 2.31. The molecule has 0 heterocycles. The lowest BCUT2D eigenvalue weighted by Gasteiger charge is -2.16. The van der Waals surface area contributed by atoms with Crippen LogP contribution in [0, 0.1) is 19.7 Å². The van der Waals surface area contributed by atoms with Crippen molar-refractivity contribution in [2.75, 3.05) is 0 Å². The van der Waals surface area contributed by atoms with E-state index in [1.807, 2.05) is 12.1 Å². The Morgan fingerprint density at radius 2 is 1.56 bits per heavy atom. The van der Waals surface area contributed by atoms with E-state index in [4.69, 9.17) is 0 Å². The number of benzene rings is 2. The zero-order chi connectivity index (χ0) is 13.1. The molecule has 0 nitrogen and oxygen atoms in total. The van der Waals surface area contributed by atoms with Crippen molar-refractivity contribution in [3.8, 4) is 0 Å². The lowest BCUT2D eigenvalue weighted by Crippen LogP contribution is -2.00. The third kappa shape index (κ3) is 2.99. The SMILES string of the molecule is Cc1cccc(C)c1C(Br)Cc1ccc(F)cc1. The fourth-order valence-electron chi connectivity index (χ4n) is 2.25. The molecule has 0 saturated carbocycles. The van der Waals surface area contributed by atoms with Crippen LogP contribution < -0.4 is 0 Å². The molecular weight excluding hydrogens is 291 g/mol. The Kier molecular flexibility index (Phi) is 4.18. The molecule has 0 radical (unpaired) electrons. The summed E-state index contributed by atoms with van der Waals surface area (Å²) in [6.45, 7) is 4.25. The van der Waals surface area contributed by atoms with Crippen LogP contribution in [0.1, 0.15) is 27.1 Å². The number of hydrogen-bond donors (Lipinski definition) is 0. The minimum Gasteiger partial charge on any atom is -0.207 e. The maximum Gasteiger partial charge on any atom is 0.123 e. The maximum atomic E-state index is 12.9. The fourth-order valence-corrected chi connectivity index (χ4v) is 3.35. The average molecular weight is 307 g/mol. The topological polar surface area (TPSA) is 0 Å². The zero-order valence-electron chi connectivity index (χ0n) is 10.6. The highest BCUT2D eigenvalue weighted by Gasteiger charge is 2.13. The van der Waals surface area contributed by atoms with Gasteiger partial charge in [0, 0.05) is 4.83 Å². The lowest BCUT2D eigenvalue weighted by molar-refractivity contribution is 0.627. The third-order valence-corrected chi connectivity index (χ3v) is 3.97. The molecule has 0 N–H and O–H groups in total. The van der Waals surface area contributed by atoms with Gasteiger partial charge in [0.05, 0.1) is 0 Å². The van der Waals surface area contributed by atoms with E-state index in [0.717, 1.165) is 12.0 Å². The fraction of sp³-hybridized carbons (Fsp3) is 0.250. The summed E-state index contributed by atoms with van der Waals surface area (Å²) >= 11 is 3.75. The van der Waals surface area contributed by atoms with Gasteiger partial charge < -0.3 is 0 Å². The van der Waals surface area contributed by atoms with Gasteiger partial charge in [0.25, 0.3) is 0 Å². The van der Waals surface area contributed by atoms with Gasteiger partial charge in [-0.2, -0.15) is 0 Å². The quantitative estimate of drug-likeness (QED) is 0.690. The molecule has 2 rings (SSSR count). The second-order valence-corrected chi connectivity index (χ2v) is 5.71. The van der Waals surface area contributed by atoms with Gasteiger partial charge in [0.2, 0.25) is 0 Å². The Bertz CT molecular complexity index is 511. The smallest absolute Gasteiger partial charge is 0.123 e. The molecule has 2 aromatic carbocycles. The summed E-state index contributed by atoms with van der Waals surface area (Å²) in [5.74, 6) is -0.183. The highest BCUT2D eigenvalue weighted by atomic mass is 79.9. The summed E-state index contributed by atoms with van der Waals surface area (Å²) in [6, 6.07) is 13.0. The highest BCUT2D eigenvalue weighted by molar-refractivity contribution is 9.09. The summed E-state index contributed by atoms with van der Waals surface area (Å²) in [7, 11) is 0. The van der Waals surface area contributed by atoms with Crippen molar-refractivity contribution in [3.63, 3.8) is 0 Å². The standard InChI is InChI=1S/C16H16BrF/c1-11-4-3-5-12(2)16(11)15(17)10-13-6-8-14(18)9-7-13/h3-9,15H,10H2,1-2H3. The van der Waals surface area contributed by atoms with Crippen LogP contribution in [-0.4, -0.2) is 0 Å². The van der Waals surface area contributed by atoms with Gasteiger partial charge in [-0.05, 0) is 54.7 Å². The van der Waals surface area contributed by atoms with E-state index in [9.17, 15) is 4.39 Å². The second kappa shape index (κ2) is 5.66. The molecular formula is C16H16BrF. The van der Waals surface area contributed by atoms with Crippen LogP contribution in [0.2, 0.25) is 0 Å². The Morgan fingerprint density at radius 3 is 2.11 bits per heavy atom. The first kappa shape index (κ1) is 13.3. The van der Waals surface area contributed by atoms with Crippen molar-refractivity contribution in [3.05, 3.63) is 70.5 Å². The average Bonchev–Trinajstić information content (AvgIpc) is 2.32. The van der Waals surface area contributed by atoms with Gasteiger partial charge in [0.1, 0.15) is 5.82 Å².